The van der Waals surface area contributed by atoms with Crippen molar-refractivity contribution in [1.82, 2.24) is 0 Å². The van der Waals surface area contributed by atoms with Gasteiger partial charge >= 0.3 is 5.97 Å². The Kier molecular flexibility index (Phi) is 5.55. The second-order valence-electron chi connectivity index (χ2n) is 3.80. The highest BCUT2D eigenvalue weighted by Crippen LogP contribution is 2.24. The molecule has 4 heteroatoms. The summed E-state index contributed by atoms with van der Waals surface area (Å²) in [5.41, 5.74) is 4.89. The summed E-state index contributed by atoms with van der Waals surface area (Å²) >= 11 is 0. The van der Waals surface area contributed by atoms with Crippen LogP contribution in [0.5, 0.6) is 0 Å². The zero-order valence-corrected chi connectivity index (χ0v) is 8.81. The zero-order valence-electron chi connectivity index (χ0n) is 8.00. The summed E-state index contributed by atoms with van der Waals surface area (Å²) in [6.07, 6.45) is 0. The lowest BCUT2D eigenvalue weighted by Gasteiger charge is -2.29. The van der Waals surface area contributed by atoms with Crippen molar-refractivity contribution in [3.8, 4) is 0 Å². The zero-order chi connectivity index (χ0) is 9.23. The molecule has 0 aromatic carbocycles. The molecule has 0 aliphatic heterocycles. The Hall–Kier alpha value is -0.280. The topological polar surface area (TPSA) is 63.3 Å². The molecular formula is C8H18ClNO2. The molecule has 0 saturated heterocycles. The predicted molar refractivity (Wildman–Crippen MR) is 51.5 cm³/mol. The molecule has 3 nitrogen and oxygen atoms in total. The first kappa shape index (κ1) is 14.3. The number of carboxylic acids is 1. The Morgan fingerprint density at radius 3 is 1.83 bits per heavy atom. The number of aliphatic carboxylic acids is 1. The van der Waals surface area contributed by atoms with Gasteiger partial charge in [0.2, 0.25) is 0 Å². The summed E-state index contributed by atoms with van der Waals surface area (Å²) in [6, 6.07) is -0.292. The van der Waals surface area contributed by atoms with Crippen LogP contribution in [-0.4, -0.2) is 17.1 Å². The van der Waals surface area contributed by atoms with Gasteiger partial charge in [-0.1, -0.05) is 13.8 Å². The van der Waals surface area contributed by atoms with Crippen LogP contribution in [0.25, 0.3) is 0 Å². The van der Waals surface area contributed by atoms with Crippen molar-refractivity contribution in [2.24, 2.45) is 17.1 Å². The van der Waals surface area contributed by atoms with Crippen LogP contribution in [0, 0.1) is 11.3 Å². The van der Waals surface area contributed by atoms with Gasteiger partial charge < -0.3 is 10.8 Å². The first-order valence-electron chi connectivity index (χ1n) is 3.79. The summed E-state index contributed by atoms with van der Waals surface area (Å²) < 4.78 is 0. The third-order valence-corrected chi connectivity index (χ3v) is 2.10. The van der Waals surface area contributed by atoms with Crippen LogP contribution >= 0.6 is 12.4 Å². The second-order valence-corrected chi connectivity index (χ2v) is 3.80. The fraction of sp³-hybridized carbons (Fsp3) is 0.875. The number of hydrogen-bond acceptors (Lipinski definition) is 2. The molecule has 0 spiro atoms. The minimum Gasteiger partial charge on any atom is -0.481 e. The largest absolute Gasteiger partial charge is 0.481 e. The lowest BCUT2D eigenvalue weighted by Crippen LogP contribution is -2.46. The molecule has 3 N–H and O–H groups in total. The number of hydrogen-bond donors (Lipinski definition) is 2. The molecule has 0 bridgehead atoms. The molecule has 74 valence electrons. The van der Waals surface area contributed by atoms with E-state index in [0.717, 1.165) is 0 Å². The van der Waals surface area contributed by atoms with Gasteiger partial charge in [-0.05, 0) is 19.8 Å². The third kappa shape index (κ3) is 2.99. The number of rotatable bonds is 3. The van der Waals surface area contributed by atoms with Gasteiger partial charge in [-0.3, -0.25) is 4.79 Å². The lowest BCUT2D eigenvalue weighted by molar-refractivity contribution is -0.148. The van der Waals surface area contributed by atoms with Crippen LogP contribution in [0.1, 0.15) is 27.7 Å². The van der Waals surface area contributed by atoms with E-state index in [0.29, 0.717) is 0 Å². The molecule has 0 aliphatic carbocycles. The molecule has 1 atom stereocenters. The number of carboxylic acid groups (broad SMARTS) is 1. The van der Waals surface area contributed by atoms with Gasteiger partial charge in [0.1, 0.15) is 0 Å². The fourth-order valence-corrected chi connectivity index (χ4v) is 0.976. The number of nitrogens with two attached hydrogens (primary N) is 1. The maximum atomic E-state index is 10.7. The van der Waals surface area contributed by atoms with Crippen LogP contribution in [-0.2, 0) is 4.79 Å². The molecule has 0 heterocycles. The smallest absolute Gasteiger partial charge is 0.310 e. The summed E-state index contributed by atoms with van der Waals surface area (Å²) in [6.45, 7) is 7.16. The van der Waals surface area contributed by atoms with E-state index in [1.807, 2.05) is 13.8 Å². The maximum absolute atomic E-state index is 10.7. The molecule has 0 fully saturated rings. The van der Waals surface area contributed by atoms with E-state index in [4.69, 9.17) is 10.8 Å². The molecule has 0 rings (SSSR count). The molecule has 0 aromatic heterocycles. The van der Waals surface area contributed by atoms with Crippen LogP contribution < -0.4 is 5.73 Å². The van der Waals surface area contributed by atoms with E-state index in [2.05, 4.69) is 0 Å². The van der Waals surface area contributed by atoms with Gasteiger partial charge in [0.05, 0.1) is 5.41 Å². The van der Waals surface area contributed by atoms with Crippen molar-refractivity contribution in [2.45, 2.75) is 33.7 Å². The quantitative estimate of drug-likeness (QED) is 0.718. The molecule has 0 amide bonds. The van der Waals surface area contributed by atoms with E-state index in [9.17, 15) is 4.79 Å². The second kappa shape index (κ2) is 4.67. The summed E-state index contributed by atoms with van der Waals surface area (Å²) in [5.74, 6) is -0.639. The van der Waals surface area contributed by atoms with Crippen LogP contribution in [0.4, 0.5) is 0 Å². The summed E-state index contributed by atoms with van der Waals surface area (Å²) in [4.78, 5) is 10.7. The highest BCUT2D eigenvalue weighted by molar-refractivity contribution is 5.85. The molecule has 0 radical (unpaired) electrons. The van der Waals surface area contributed by atoms with Gasteiger partial charge in [0.25, 0.3) is 0 Å². The van der Waals surface area contributed by atoms with E-state index in [1.54, 1.807) is 13.8 Å². The van der Waals surface area contributed by atoms with Crippen LogP contribution in [0.3, 0.4) is 0 Å². The Balaban J connectivity index is 0. The average molecular weight is 196 g/mol. The van der Waals surface area contributed by atoms with Crippen LogP contribution in [0.2, 0.25) is 0 Å². The Bertz CT molecular complexity index is 157. The molecule has 0 aliphatic rings. The van der Waals surface area contributed by atoms with Crippen molar-refractivity contribution >= 4 is 18.4 Å². The number of halogens is 1. The van der Waals surface area contributed by atoms with Gasteiger partial charge in [0, 0.05) is 6.04 Å². The van der Waals surface area contributed by atoms with Gasteiger partial charge in [-0.15, -0.1) is 12.4 Å². The first-order valence-corrected chi connectivity index (χ1v) is 3.79. The van der Waals surface area contributed by atoms with E-state index in [-0.39, 0.29) is 24.4 Å². The lowest BCUT2D eigenvalue weighted by atomic mass is 9.79. The van der Waals surface area contributed by atoms with Crippen molar-refractivity contribution in [3.05, 3.63) is 0 Å². The molecule has 0 aromatic rings. The summed E-state index contributed by atoms with van der Waals surface area (Å²) in [5, 5.41) is 8.78. The molecule has 0 saturated carbocycles. The van der Waals surface area contributed by atoms with E-state index >= 15 is 0 Å². The molecule has 12 heavy (non-hydrogen) atoms. The Labute approximate surface area is 79.7 Å². The SMILES string of the molecule is CC(C)C(N)C(C)(C)C(=O)O.Cl. The minimum atomic E-state index is -0.835. The molecule has 1 unspecified atom stereocenters. The predicted octanol–water partition coefficient (Wildman–Crippen LogP) is 1.50. The third-order valence-electron chi connectivity index (χ3n) is 2.10. The summed E-state index contributed by atoms with van der Waals surface area (Å²) in [7, 11) is 0. The first-order chi connectivity index (χ1) is 4.80. The van der Waals surface area contributed by atoms with Crippen molar-refractivity contribution in [3.63, 3.8) is 0 Å². The standard InChI is InChI=1S/C8H17NO2.ClH/c1-5(2)6(9)8(3,4)7(10)11;/h5-6H,9H2,1-4H3,(H,10,11);1H. The van der Waals surface area contributed by atoms with Crippen molar-refractivity contribution in [2.75, 3.05) is 0 Å². The Morgan fingerprint density at radius 2 is 1.75 bits per heavy atom. The number of carbonyl (C=O) groups is 1. The minimum absolute atomic E-state index is 0. The normalized spacial score (nSPS) is 13.8. The Morgan fingerprint density at radius 1 is 1.42 bits per heavy atom. The highest BCUT2D eigenvalue weighted by atomic mass is 35.5. The monoisotopic (exact) mass is 195 g/mol. The maximum Gasteiger partial charge on any atom is 0.310 e. The van der Waals surface area contributed by atoms with E-state index in [1.165, 1.54) is 0 Å². The van der Waals surface area contributed by atoms with Gasteiger partial charge in [-0.2, -0.15) is 0 Å². The van der Waals surface area contributed by atoms with Crippen LogP contribution in [0.15, 0.2) is 0 Å². The van der Waals surface area contributed by atoms with Gasteiger partial charge in [0.15, 0.2) is 0 Å². The van der Waals surface area contributed by atoms with Gasteiger partial charge in [-0.25, -0.2) is 0 Å². The van der Waals surface area contributed by atoms with Crippen molar-refractivity contribution in [1.29, 1.82) is 0 Å². The average Bonchev–Trinajstić information content (AvgIpc) is 1.85. The molecular weight excluding hydrogens is 178 g/mol. The highest BCUT2D eigenvalue weighted by Gasteiger charge is 2.35. The fourth-order valence-electron chi connectivity index (χ4n) is 0.976. The van der Waals surface area contributed by atoms with E-state index < -0.39 is 11.4 Å². The van der Waals surface area contributed by atoms with Crippen molar-refractivity contribution < 1.29 is 9.90 Å².